The molecule has 0 amide bonds. The number of carboxylic acids is 1. The maximum Gasteiger partial charge on any atom is 0.307 e. The van der Waals surface area contributed by atoms with Crippen molar-refractivity contribution in [3.63, 3.8) is 0 Å². The number of rotatable bonds is 4. The lowest BCUT2D eigenvalue weighted by Crippen LogP contribution is -2.29. The van der Waals surface area contributed by atoms with Crippen LogP contribution in [-0.4, -0.2) is 27.2 Å². The number of nitrogens with zero attached hydrogens (tertiary/aromatic N) is 3. The van der Waals surface area contributed by atoms with Gasteiger partial charge in [0.25, 0.3) is 0 Å². The highest BCUT2D eigenvalue weighted by Crippen LogP contribution is 2.47. The molecule has 0 saturated carbocycles. The van der Waals surface area contributed by atoms with Gasteiger partial charge in [0.05, 0.1) is 27.8 Å². The van der Waals surface area contributed by atoms with E-state index in [1.165, 1.54) is 5.69 Å². The van der Waals surface area contributed by atoms with Crippen molar-refractivity contribution >= 4 is 60.8 Å². The molecule has 1 N–H and O–H groups in total. The van der Waals surface area contributed by atoms with Crippen molar-refractivity contribution < 1.29 is 9.90 Å². The molecule has 0 radical (unpaired) electrons. The molecule has 7 heteroatoms. The third kappa shape index (κ3) is 3.21. The predicted octanol–water partition coefficient (Wildman–Crippen LogP) is 6.97. The van der Waals surface area contributed by atoms with Crippen molar-refractivity contribution in [3.05, 3.63) is 76.4 Å². The molecule has 6 rings (SSSR count). The van der Waals surface area contributed by atoms with Crippen LogP contribution in [0.4, 0.5) is 10.8 Å². The fourth-order valence-electron chi connectivity index (χ4n) is 5.21. The number of carbonyl (C=O) groups is 1. The lowest BCUT2D eigenvalue weighted by molar-refractivity contribution is -0.136. The van der Waals surface area contributed by atoms with Gasteiger partial charge in [-0.25, -0.2) is 4.98 Å². The third-order valence-corrected chi connectivity index (χ3v) is 8.01. The average Bonchev–Trinajstić information content (AvgIpc) is 3.39. The number of hydrogen-bond acceptors (Lipinski definition) is 4. The van der Waals surface area contributed by atoms with Crippen LogP contribution in [0.15, 0.2) is 54.6 Å². The van der Waals surface area contributed by atoms with Gasteiger partial charge >= 0.3 is 5.97 Å². The van der Waals surface area contributed by atoms with Gasteiger partial charge in [0.15, 0.2) is 5.13 Å². The smallest absolute Gasteiger partial charge is 0.307 e. The van der Waals surface area contributed by atoms with Crippen LogP contribution in [0.3, 0.4) is 0 Å². The number of fused-ring (bicyclic) bond motifs is 1. The largest absolute Gasteiger partial charge is 0.481 e. The van der Waals surface area contributed by atoms with Crippen LogP contribution in [0.5, 0.6) is 0 Å². The normalized spacial score (nSPS) is 13.2. The van der Waals surface area contributed by atoms with E-state index in [0.29, 0.717) is 5.02 Å². The van der Waals surface area contributed by atoms with E-state index in [1.54, 1.807) is 11.3 Å². The minimum Gasteiger partial charge on any atom is -0.481 e. The van der Waals surface area contributed by atoms with Gasteiger partial charge < -0.3 is 14.6 Å². The molecule has 0 unspecified atom stereocenters. The van der Waals surface area contributed by atoms with Crippen LogP contribution < -0.4 is 4.90 Å². The fourth-order valence-corrected chi connectivity index (χ4v) is 6.33. The van der Waals surface area contributed by atoms with E-state index in [9.17, 15) is 9.90 Å². The number of anilines is 2. The molecule has 5 aromatic rings. The van der Waals surface area contributed by atoms with Gasteiger partial charge in [-0.05, 0) is 66.4 Å². The quantitative estimate of drug-likeness (QED) is 0.297. The van der Waals surface area contributed by atoms with E-state index in [-0.39, 0.29) is 6.42 Å². The molecule has 34 heavy (non-hydrogen) atoms. The zero-order chi connectivity index (χ0) is 23.6. The molecule has 3 aromatic carbocycles. The highest BCUT2D eigenvalue weighted by molar-refractivity contribution is 7.22. The van der Waals surface area contributed by atoms with E-state index in [1.807, 2.05) is 49.4 Å². The summed E-state index contributed by atoms with van der Waals surface area (Å²) in [7, 11) is 0. The minimum absolute atomic E-state index is 0.0509. The molecule has 0 saturated heterocycles. The van der Waals surface area contributed by atoms with E-state index in [2.05, 4.69) is 28.5 Å². The molecule has 170 valence electrons. The summed E-state index contributed by atoms with van der Waals surface area (Å²) in [6.45, 7) is 5.79. The first kappa shape index (κ1) is 21.2. The molecular weight excluding hydrogens is 466 g/mol. The van der Waals surface area contributed by atoms with Crippen LogP contribution in [-0.2, 0) is 17.8 Å². The Hall–Kier alpha value is -3.35. The topological polar surface area (TPSA) is 58.4 Å². The molecule has 0 atom stereocenters. The van der Waals surface area contributed by atoms with Gasteiger partial charge in [-0.15, -0.1) is 0 Å². The summed E-state index contributed by atoms with van der Waals surface area (Å²) in [4.78, 5) is 19.2. The molecule has 3 heterocycles. The van der Waals surface area contributed by atoms with E-state index in [0.717, 1.165) is 67.3 Å². The zero-order valence-corrected chi connectivity index (χ0v) is 20.4. The number of para-hydroxylation sites is 1. The lowest BCUT2D eigenvalue weighted by Gasteiger charge is -2.32. The number of thiazole rings is 1. The van der Waals surface area contributed by atoms with E-state index in [4.69, 9.17) is 16.6 Å². The van der Waals surface area contributed by atoms with Crippen molar-refractivity contribution in [1.82, 2.24) is 9.55 Å². The van der Waals surface area contributed by atoms with Crippen LogP contribution in [0, 0.1) is 13.8 Å². The Kier molecular flexibility index (Phi) is 4.90. The highest BCUT2D eigenvalue weighted by Gasteiger charge is 2.30. The highest BCUT2D eigenvalue weighted by atomic mass is 35.5. The number of aryl methyl sites for hydroxylation is 1. The Bertz CT molecular complexity index is 1570. The molecule has 1 aliphatic heterocycles. The zero-order valence-electron chi connectivity index (χ0n) is 18.8. The summed E-state index contributed by atoms with van der Waals surface area (Å²) in [6.07, 6.45) is -0.0509. The van der Waals surface area contributed by atoms with Crippen molar-refractivity contribution in [1.29, 1.82) is 0 Å². The molecule has 5 nitrogen and oxygen atoms in total. The van der Waals surface area contributed by atoms with Gasteiger partial charge in [0, 0.05) is 29.2 Å². The second-order valence-corrected chi connectivity index (χ2v) is 10.2. The molecule has 0 bridgehead atoms. The minimum atomic E-state index is -0.844. The Morgan fingerprint density at radius 2 is 1.88 bits per heavy atom. The SMILES string of the molecule is Cc1c(CC(=O)O)c(-c2ccc(Cl)cc2)c2cc(C)n3c2c1N(c1nc2ccccc2s1)CC3. The van der Waals surface area contributed by atoms with Gasteiger partial charge in [-0.3, -0.25) is 4.79 Å². The summed E-state index contributed by atoms with van der Waals surface area (Å²) < 4.78 is 3.50. The number of halogens is 1. The maximum atomic E-state index is 12.0. The summed E-state index contributed by atoms with van der Waals surface area (Å²) >= 11 is 7.84. The van der Waals surface area contributed by atoms with Gasteiger partial charge in [-0.2, -0.15) is 0 Å². The van der Waals surface area contributed by atoms with Crippen LogP contribution in [0.2, 0.25) is 5.02 Å². The van der Waals surface area contributed by atoms with Crippen molar-refractivity contribution in [3.8, 4) is 11.1 Å². The average molecular weight is 488 g/mol. The van der Waals surface area contributed by atoms with Crippen molar-refractivity contribution in [2.24, 2.45) is 0 Å². The maximum absolute atomic E-state index is 12.0. The number of benzene rings is 3. The molecule has 1 aliphatic rings. The predicted molar refractivity (Wildman–Crippen MR) is 140 cm³/mol. The summed E-state index contributed by atoms with van der Waals surface area (Å²) in [5.41, 5.74) is 8.12. The lowest BCUT2D eigenvalue weighted by atomic mass is 9.88. The van der Waals surface area contributed by atoms with Gasteiger partial charge in [0.1, 0.15) is 0 Å². The second-order valence-electron chi connectivity index (χ2n) is 8.72. The Morgan fingerprint density at radius 3 is 2.62 bits per heavy atom. The molecular formula is C27H22ClN3O2S. The standard InChI is InChI=1S/C27H22ClN3O2S/c1-15-13-20-24(17-7-9-18(28)10-8-17)19(14-23(32)33)16(2)25-26(20)30(15)11-12-31(25)27-29-21-5-3-4-6-22(21)34-27/h3-10,13H,11-12,14H2,1-2H3,(H,32,33). The van der Waals surface area contributed by atoms with Crippen LogP contribution in [0.25, 0.3) is 32.2 Å². The second kappa shape index (κ2) is 7.86. The van der Waals surface area contributed by atoms with E-state index < -0.39 is 5.97 Å². The molecule has 2 aromatic heterocycles. The fraction of sp³-hybridized carbons (Fsp3) is 0.185. The molecule has 0 aliphatic carbocycles. The Labute approximate surface area is 205 Å². The first-order chi connectivity index (χ1) is 16.4. The number of aliphatic carboxylic acids is 1. The number of aromatic nitrogens is 2. The molecule has 0 spiro atoms. The Balaban J connectivity index is 1.68. The number of hydrogen-bond donors (Lipinski definition) is 1. The first-order valence-electron chi connectivity index (χ1n) is 11.2. The van der Waals surface area contributed by atoms with Crippen molar-refractivity contribution in [2.45, 2.75) is 26.8 Å². The number of carboxylic acid groups (broad SMARTS) is 1. The summed E-state index contributed by atoms with van der Waals surface area (Å²) in [5.74, 6) is -0.844. The summed E-state index contributed by atoms with van der Waals surface area (Å²) in [5, 5.41) is 12.5. The van der Waals surface area contributed by atoms with E-state index >= 15 is 0 Å². The monoisotopic (exact) mass is 487 g/mol. The molecule has 0 fully saturated rings. The van der Waals surface area contributed by atoms with Crippen LogP contribution in [0.1, 0.15) is 16.8 Å². The third-order valence-electron chi connectivity index (χ3n) is 6.70. The van der Waals surface area contributed by atoms with Gasteiger partial charge in [-0.1, -0.05) is 47.2 Å². The van der Waals surface area contributed by atoms with Crippen molar-refractivity contribution in [2.75, 3.05) is 11.4 Å². The Morgan fingerprint density at radius 1 is 1.12 bits per heavy atom. The van der Waals surface area contributed by atoms with Gasteiger partial charge in [0.2, 0.25) is 0 Å². The first-order valence-corrected chi connectivity index (χ1v) is 12.4. The van der Waals surface area contributed by atoms with Crippen LogP contribution >= 0.6 is 22.9 Å². The summed E-state index contributed by atoms with van der Waals surface area (Å²) in [6, 6.07) is 18.0.